The molecule has 0 unspecified atom stereocenters. The van der Waals surface area contributed by atoms with Crippen LogP contribution in [0.2, 0.25) is 10.0 Å². The van der Waals surface area contributed by atoms with Gasteiger partial charge in [0.2, 0.25) is 0 Å². The van der Waals surface area contributed by atoms with Gasteiger partial charge in [0.05, 0.1) is 21.8 Å². The fourth-order valence-electron chi connectivity index (χ4n) is 3.17. The molecule has 0 aliphatic carbocycles. The van der Waals surface area contributed by atoms with E-state index in [1.54, 1.807) is 0 Å². The van der Waals surface area contributed by atoms with Gasteiger partial charge in [-0.1, -0.05) is 54.0 Å². The van der Waals surface area contributed by atoms with E-state index in [9.17, 15) is 0 Å². The summed E-state index contributed by atoms with van der Waals surface area (Å²) in [7, 11) is 0. The third-order valence-corrected chi connectivity index (χ3v) is 6.01. The van der Waals surface area contributed by atoms with Crippen LogP contribution in [0.3, 0.4) is 0 Å². The third-order valence-electron chi connectivity index (χ3n) is 4.17. The van der Waals surface area contributed by atoms with Gasteiger partial charge in [-0.05, 0) is 29.8 Å². The van der Waals surface area contributed by atoms with E-state index in [-0.39, 0.29) is 12.1 Å². The maximum Gasteiger partial charge on any atom is 0.160 e. The van der Waals surface area contributed by atoms with Crippen LogP contribution in [0.4, 0.5) is 0 Å². The van der Waals surface area contributed by atoms with Gasteiger partial charge in [-0.2, -0.15) is 0 Å². The van der Waals surface area contributed by atoms with Crippen molar-refractivity contribution in [1.29, 1.82) is 0 Å². The van der Waals surface area contributed by atoms with Crippen LogP contribution in [0.1, 0.15) is 30.3 Å². The Bertz CT molecular complexity index is 766. The molecule has 0 spiro atoms. The number of halogens is 2. The fraction of sp³-hybridized carbons (Fsp3) is 0.294. The molecule has 2 aromatic rings. The Labute approximate surface area is 149 Å². The van der Waals surface area contributed by atoms with Crippen LogP contribution in [0, 0.1) is 0 Å². The number of hydrogen-bond donors (Lipinski definition) is 0. The Balaban J connectivity index is 1.79. The number of aliphatic imine (C=N–C) groups is 1. The Morgan fingerprint density at radius 2 is 2.04 bits per heavy atom. The summed E-state index contributed by atoms with van der Waals surface area (Å²) in [6.45, 7) is 3.21. The van der Waals surface area contributed by atoms with Crippen molar-refractivity contribution in [2.24, 2.45) is 4.99 Å². The number of rotatable bonds is 2. The molecule has 3 atom stereocenters. The number of thioether (sulfide) groups is 1. The van der Waals surface area contributed by atoms with Crippen molar-refractivity contribution in [3.63, 3.8) is 0 Å². The lowest BCUT2D eigenvalue weighted by Gasteiger charge is -2.27. The average Bonchev–Trinajstić information content (AvgIpc) is 3.07. The van der Waals surface area contributed by atoms with Gasteiger partial charge < -0.3 is 4.90 Å². The predicted octanol–water partition coefficient (Wildman–Crippen LogP) is 4.98. The highest BCUT2D eigenvalue weighted by molar-refractivity contribution is 8.14. The van der Waals surface area contributed by atoms with Crippen LogP contribution in [-0.4, -0.2) is 26.8 Å². The number of aromatic nitrogens is 1. The quantitative estimate of drug-likeness (QED) is 0.753. The maximum absolute atomic E-state index is 6.25. The first-order chi connectivity index (χ1) is 11.1. The summed E-state index contributed by atoms with van der Waals surface area (Å²) in [6.07, 6.45) is 1.82. The van der Waals surface area contributed by atoms with Crippen LogP contribution in [0.25, 0.3) is 0 Å². The molecule has 0 bridgehead atoms. The third kappa shape index (κ3) is 2.73. The summed E-state index contributed by atoms with van der Waals surface area (Å²) in [5, 5.41) is 2.80. The first-order valence-corrected chi connectivity index (χ1v) is 9.14. The fourth-order valence-corrected chi connectivity index (χ4v) is 4.57. The summed E-state index contributed by atoms with van der Waals surface area (Å²) in [5.41, 5.74) is 2.11. The lowest BCUT2D eigenvalue weighted by Crippen LogP contribution is -2.28. The molecule has 1 fully saturated rings. The zero-order valence-corrected chi connectivity index (χ0v) is 14.8. The lowest BCUT2D eigenvalue weighted by atomic mass is 9.96. The highest BCUT2D eigenvalue weighted by Gasteiger charge is 2.43. The number of benzene rings is 1. The van der Waals surface area contributed by atoms with Crippen LogP contribution >= 0.6 is 35.0 Å². The van der Waals surface area contributed by atoms with E-state index in [0.717, 1.165) is 23.0 Å². The Morgan fingerprint density at radius 3 is 2.78 bits per heavy atom. The molecule has 23 heavy (non-hydrogen) atoms. The van der Waals surface area contributed by atoms with E-state index in [0.29, 0.717) is 15.3 Å². The molecule has 3 nitrogen and oxygen atoms in total. The molecular weight excluding hydrogens is 349 g/mol. The van der Waals surface area contributed by atoms with E-state index >= 15 is 0 Å². The maximum atomic E-state index is 6.25. The zero-order valence-electron chi connectivity index (χ0n) is 12.5. The minimum absolute atomic E-state index is 0.0107. The van der Waals surface area contributed by atoms with Crippen molar-refractivity contribution in [2.75, 3.05) is 6.54 Å². The van der Waals surface area contributed by atoms with Gasteiger partial charge in [-0.15, -0.1) is 0 Å². The van der Waals surface area contributed by atoms with Gasteiger partial charge in [-0.3, -0.25) is 9.98 Å². The largest absolute Gasteiger partial charge is 0.341 e. The molecule has 0 N–H and O–H groups in total. The Kier molecular flexibility index (Phi) is 4.00. The molecular formula is C17H15Cl2N3S. The molecule has 1 saturated heterocycles. The lowest BCUT2D eigenvalue weighted by molar-refractivity contribution is 0.321. The van der Waals surface area contributed by atoms with E-state index in [4.69, 9.17) is 28.2 Å². The van der Waals surface area contributed by atoms with Gasteiger partial charge in [0.25, 0.3) is 0 Å². The number of nitrogens with zero attached hydrogens (tertiary/aromatic N) is 3. The SMILES string of the molecule is C[C@@H]1CN2C(=N[C@@H](c3ccccn3)[C@@H]2c2ccc(Cl)c(Cl)c2)S1. The summed E-state index contributed by atoms with van der Waals surface area (Å²) in [6, 6.07) is 11.9. The van der Waals surface area contributed by atoms with Gasteiger partial charge in [0, 0.05) is 18.0 Å². The number of hydrogen-bond acceptors (Lipinski definition) is 4. The van der Waals surface area contributed by atoms with Crippen LogP contribution in [0.5, 0.6) is 0 Å². The number of amidine groups is 1. The van der Waals surface area contributed by atoms with E-state index in [2.05, 4.69) is 16.8 Å². The Hall–Kier alpha value is -1.23. The summed E-state index contributed by atoms with van der Waals surface area (Å²) < 4.78 is 0. The van der Waals surface area contributed by atoms with Gasteiger partial charge >= 0.3 is 0 Å². The second-order valence-electron chi connectivity index (χ2n) is 5.81. The van der Waals surface area contributed by atoms with Crippen molar-refractivity contribution < 1.29 is 0 Å². The van der Waals surface area contributed by atoms with Crippen molar-refractivity contribution in [1.82, 2.24) is 9.88 Å². The highest BCUT2D eigenvalue weighted by Crippen LogP contribution is 2.48. The highest BCUT2D eigenvalue weighted by atomic mass is 35.5. The van der Waals surface area contributed by atoms with E-state index < -0.39 is 0 Å². The minimum Gasteiger partial charge on any atom is -0.341 e. The first kappa shape index (κ1) is 15.3. The van der Waals surface area contributed by atoms with Gasteiger partial charge in [0.15, 0.2) is 5.17 Å². The summed E-state index contributed by atoms with van der Waals surface area (Å²) >= 11 is 14.2. The minimum atomic E-state index is -0.0107. The molecule has 1 aromatic carbocycles. The molecule has 2 aliphatic heterocycles. The molecule has 3 heterocycles. The average molecular weight is 364 g/mol. The van der Waals surface area contributed by atoms with E-state index in [1.165, 1.54) is 0 Å². The van der Waals surface area contributed by atoms with Gasteiger partial charge in [-0.25, -0.2) is 0 Å². The smallest absolute Gasteiger partial charge is 0.160 e. The van der Waals surface area contributed by atoms with Gasteiger partial charge in [0.1, 0.15) is 6.04 Å². The molecule has 6 heteroatoms. The van der Waals surface area contributed by atoms with Crippen molar-refractivity contribution >= 4 is 40.1 Å². The second kappa shape index (κ2) is 6.00. The predicted molar refractivity (Wildman–Crippen MR) is 97.4 cm³/mol. The van der Waals surface area contributed by atoms with E-state index in [1.807, 2.05) is 54.4 Å². The standard InChI is InChI=1S/C17H15Cl2N3S/c1-10-9-22-16(11-5-6-12(18)13(19)8-11)15(21-17(22)23-10)14-4-2-3-7-20-14/h2-8,10,15-16H,9H2,1H3/t10-,15+,16+/m1/s1. The van der Waals surface area contributed by atoms with Crippen molar-refractivity contribution in [3.8, 4) is 0 Å². The zero-order chi connectivity index (χ0) is 16.0. The summed E-state index contributed by atoms with van der Waals surface area (Å²) in [5.74, 6) is 0. The van der Waals surface area contributed by atoms with Crippen molar-refractivity contribution in [2.45, 2.75) is 24.3 Å². The van der Waals surface area contributed by atoms with Crippen LogP contribution in [0.15, 0.2) is 47.6 Å². The van der Waals surface area contributed by atoms with Crippen LogP contribution < -0.4 is 0 Å². The molecule has 118 valence electrons. The number of fused-ring (bicyclic) bond motifs is 1. The molecule has 4 rings (SSSR count). The molecule has 0 amide bonds. The first-order valence-electron chi connectivity index (χ1n) is 7.50. The summed E-state index contributed by atoms with van der Waals surface area (Å²) in [4.78, 5) is 11.8. The number of pyridine rings is 1. The normalized spacial score (nSPS) is 26.3. The molecule has 2 aliphatic rings. The Morgan fingerprint density at radius 1 is 1.17 bits per heavy atom. The molecule has 1 aromatic heterocycles. The topological polar surface area (TPSA) is 28.5 Å². The second-order valence-corrected chi connectivity index (χ2v) is 8.03. The van der Waals surface area contributed by atoms with Crippen molar-refractivity contribution in [3.05, 3.63) is 63.9 Å². The van der Waals surface area contributed by atoms with Crippen LogP contribution in [-0.2, 0) is 0 Å². The molecule has 0 saturated carbocycles. The molecule has 0 radical (unpaired) electrons. The monoisotopic (exact) mass is 363 g/mol.